The average molecular weight is 302 g/mol. The van der Waals surface area contributed by atoms with Crippen LogP contribution >= 0.6 is 11.8 Å². The van der Waals surface area contributed by atoms with Crippen molar-refractivity contribution >= 4 is 23.4 Å². The lowest BCUT2D eigenvalue weighted by Crippen LogP contribution is -2.15. The van der Waals surface area contributed by atoms with Crippen LogP contribution in [-0.2, 0) is 17.2 Å². The highest BCUT2D eigenvalue weighted by molar-refractivity contribution is 7.99. The summed E-state index contributed by atoms with van der Waals surface area (Å²) in [6, 6.07) is 9.44. The molecule has 110 valence electrons. The monoisotopic (exact) mass is 302 g/mol. The van der Waals surface area contributed by atoms with Crippen LogP contribution in [0.15, 0.2) is 42.7 Å². The molecule has 0 spiro atoms. The molecule has 1 amide bonds. The van der Waals surface area contributed by atoms with Crippen molar-refractivity contribution in [2.75, 3.05) is 11.1 Å². The predicted octanol–water partition coefficient (Wildman–Crippen LogP) is 2.75. The van der Waals surface area contributed by atoms with Gasteiger partial charge in [-0.15, -0.1) is 11.8 Å². The van der Waals surface area contributed by atoms with Crippen LogP contribution in [0.2, 0.25) is 0 Å². The van der Waals surface area contributed by atoms with E-state index in [2.05, 4.69) is 10.3 Å². The van der Waals surface area contributed by atoms with E-state index < -0.39 is 0 Å². The van der Waals surface area contributed by atoms with E-state index in [4.69, 9.17) is 5.11 Å². The Morgan fingerprint density at radius 1 is 1.24 bits per heavy atom. The molecule has 4 nitrogen and oxygen atoms in total. The van der Waals surface area contributed by atoms with Crippen LogP contribution < -0.4 is 5.32 Å². The first-order valence-electron chi connectivity index (χ1n) is 6.66. The van der Waals surface area contributed by atoms with Crippen LogP contribution in [0.25, 0.3) is 0 Å². The number of amides is 1. The SMILES string of the molecule is Cc1ccc(CO)cc1NC(=O)CSCc1ccncc1. The van der Waals surface area contributed by atoms with Gasteiger partial charge < -0.3 is 10.4 Å². The zero-order valence-corrected chi connectivity index (χ0v) is 12.7. The number of hydrogen-bond donors (Lipinski definition) is 2. The Labute approximate surface area is 128 Å². The maximum atomic E-state index is 11.9. The number of rotatable bonds is 6. The lowest BCUT2D eigenvalue weighted by atomic mass is 10.1. The molecule has 0 radical (unpaired) electrons. The predicted molar refractivity (Wildman–Crippen MR) is 86.1 cm³/mol. The molecule has 2 N–H and O–H groups in total. The van der Waals surface area contributed by atoms with Gasteiger partial charge in [0.05, 0.1) is 12.4 Å². The van der Waals surface area contributed by atoms with Gasteiger partial charge in [0.15, 0.2) is 0 Å². The van der Waals surface area contributed by atoms with Crippen molar-refractivity contribution in [1.29, 1.82) is 0 Å². The van der Waals surface area contributed by atoms with Crippen molar-refractivity contribution in [1.82, 2.24) is 4.98 Å². The summed E-state index contributed by atoms with van der Waals surface area (Å²) in [6.07, 6.45) is 3.50. The minimum Gasteiger partial charge on any atom is -0.392 e. The molecule has 0 atom stereocenters. The number of nitrogens with one attached hydrogen (secondary N) is 1. The van der Waals surface area contributed by atoms with Gasteiger partial charge in [0.25, 0.3) is 0 Å². The summed E-state index contributed by atoms with van der Waals surface area (Å²) >= 11 is 1.56. The zero-order chi connectivity index (χ0) is 15.1. The van der Waals surface area contributed by atoms with Gasteiger partial charge in [0.1, 0.15) is 0 Å². The molecule has 0 saturated heterocycles. The fourth-order valence-electron chi connectivity index (χ4n) is 1.83. The number of carbonyl (C=O) groups is 1. The van der Waals surface area contributed by atoms with E-state index in [0.717, 1.165) is 28.1 Å². The Morgan fingerprint density at radius 2 is 2.00 bits per heavy atom. The van der Waals surface area contributed by atoms with Crippen LogP contribution in [-0.4, -0.2) is 21.8 Å². The Balaban J connectivity index is 1.84. The molecule has 21 heavy (non-hydrogen) atoms. The topological polar surface area (TPSA) is 62.2 Å². The van der Waals surface area contributed by atoms with Crippen LogP contribution in [0.4, 0.5) is 5.69 Å². The molecule has 0 aliphatic heterocycles. The Morgan fingerprint density at radius 3 is 2.71 bits per heavy atom. The summed E-state index contributed by atoms with van der Waals surface area (Å²) in [5.74, 6) is 1.14. The molecule has 0 aliphatic carbocycles. The molecule has 2 rings (SSSR count). The molecule has 0 saturated carbocycles. The summed E-state index contributed by atoms with van der Waals surface area (Å²) < 4.78 is 0. The standard InChI is InChI=1S/C16H18N2O2S/c1-12-2-3-14(9-19)8-15(12)18-16(20)11-21-10-13-4-6-17-7-5-13/h2-8,19H,9-11H2,1H3,(H,18,20). The molecular formula is C16H18N2O2S. The second-order valence-electron chi connectivity index (χ2n) is 4.70. The highest BCUT2D eigenvalue weighted by Gasteiger charge is 2.06. The number of aromatic nitrogens is 1. The first kappa shape index (κ1) is 15.5. The van der Waals surface area contributed by atoms with Crippen molar-refractivity contribution in [3.8, 4) is 0 Å². The third kappa shape index (κ3) is 4.88. The number of nitrogens with zero attached hydrogens (tertiary/aromatic N) is 1. The van der Waals surface area contributed by atoms with Gasteiger partial charge in [-0.05, 0) is 41.8 Å². The van der Waals surface area contributed by atoms with Crippen molar-refractivity contribution in [3.05, 3.63) is 59.4 Å². The van der Waals surface area contributed by atoms with E-state index in [1.165, 1.54) is 0 Å². The lowest BCUT2D eigenvalue weighted by molar-refractivity contribution is -0.113. The van der Waals surface area contributed by atoms with Crippen molar-refractivity contribution in [2.24, 2.45) is 0 Å². The van der Waals surface area contributed by atoms with Crippen LogP contribution in [0.1, 0.15) is 16.7 Å². The first-order valence-corrected chi connectivity index (χ1v) is 7.81. The molecule has 0 fully saturated rings. The number of hydrogen-bond acceptors (Lipinski definition) is 4. The third-order valence-corrected chi connectivity index (χ3v) is 4.01. The minimum absolute atomic E-state index is 0.0278. The highest BCUT2D eigenvalue weighted by Crippen LogP contribution is 2.18. The fraction of sp³-hybridized carbons (Fsp3) is 0.250. The number of aryl methyl sites for hydroxylation is 1. The summed E-state index contributed by atoms with van der Waals surface area (Å²) in [5, 5.41) is 12.0. The maximum absolute atomic E-state index is 11.9. The van der Waals surface area contributed by atoms with E-state index in [9.17, 15) is 4.79 Å². The van der Waals surface area contributed by atoms with E-state index in [0.29, 0.717) is 5.75 Å². The molecule has 0 bridgehead atoms. The number of anilines is 1. The zero-order valence-electron chi connectivity index (χ0n) is 11.9. The number of carbonyl (C=O) groups excluding carboxylic acids is 1. The lowest BCUT2D eigenvalue weighted by Gasteiger charge is -2.10. The van der Waals surface area contributed by atoms with E-state index in [-0.39, 0.29) is 12.5 Å². The molecule has 1 aromatic heterocycles. The Kier molecular flexibility index (Phi) is 5.78. The second-order valence-corrected chi connectivity index (χ2v) is 5.69. The van der Waals surface area contributed by atoms with Gasteiger partial charge >= 0.3 is 0 Å². The highest BCUT2D eigenvalue weighted by atomic mass is 32.2. The van der Waals surface area contributed by atoms with Crippen molar-refractivity contribution in [2.45, 2.75) is 19.3 Å². The van der Waals surface area contributed by atoms with E-state index >= 15 is 0 Å². The molecule has 0 unspecified atom stereocenters. The number of aliphatic hydroxyl groups is 1. The number of thioether (sulfide) groups is 1. The quantitative estimate of drug-likeness (QED) is 0.861. The summed E-state index contributed by atoms with van der Waals surface area (Å²) in [6.45, 7) is 1.90. The smallest absolute Gasteiger partial charge is 0.234 e. The molecule has 1 heterocycles. The van der Waals surface area contributed by atoms with Gasteiger partial charge in [-0.2, -0.15) is 0 Å². The van der Waals surface area contributed by atoms with Gasteiger partial charge in [0, 0.05) is 23.8 Å². The third-order valence-electron chi connectivity index (χ3n) is 3.01. The second kappa shape index (κ2) is 7.81. The Bertz CT molecular complexity index is 602. The van der Waals surface area contributed by atoms with Gasteiger partial charge in [-0.3, -0.25) is 9.78 Å². The van der Waals surface area contributed by atoms with Gasteiger partial charge in [-0.25, -0.2) is 0 Å². The summed E-state index contributed by atoms with van der Waals surface area (Å²) in [5.41, 5.74) is 3.69. The number of pyridine rings is 1. The van der Waals surface area contributed by atoms with Crippen LogP contribution in [0.5, 0.6) is 0 Å². The molecule has 0 aliphatic rings. The minimum atomic E-state index is -0.0350. The molecule has 2 aromatic rings. The maximum Gasteiger partial charge on any atom is 0.234 e. The molecule has 5 heteroatoms. The van der Waals surface area contributed by atoms with E-state index in [1.54, 1.807) is 30.2 Å². The Hall–Kier alpha value is -1.85. The normalized spacial score (nSPS) is 10.4. The van der Waals surface area contributed by atoms with E-state index in [1.807, 2.05) is 31.2 Å². The van der Waals surface area contributed by atoms with Crippen LogP contribution in [0.3, 0.4) is 0 Å². The van der Waals surface area contributed by atoms with Crippen molar-refractivity contribution in [3.63, 3.8) is 0 Å². The van der Waals surface area contributed by atoms with Crippen molar-refractivity contribution < 1.29 is 9.90 Å². The molecular weight excluding hydrogens is 284 g/mol. The number of benzene rings is 1. The van der Waals surface area contributed by atoms with Crippen LogP contribution in [0, 0.1) is 6.92 Å². The molecule has 1 aromatic carbocycles. The summed E-state index contributed by atoms with van der Waals surface area (Å²) in [7, 11) is 0. The van der Waals surface area contributed by atoms with Gasteiger partial charge in [-0.1, -0.05) is 12.1 Å². The first-order chi connectivity index (χ1) is 10.2. The fourth-order valence-corrected chi connectivity index (χ4v) is 2.62. The van der Waals surface area contributed by atoms with Gasteiger partial charge in [0.2, 0.25) is 5.91 Å². The largest absolute Gasteiger partial charge is 0.392 e. The number of aliphatic hydroxyl groups excluding tert-OH is 1. The average Bonchev–Trinajstić information content (AvgIpc) is 2.50. The summed E-state index contributed by atoms with van der Waals surface area (Å²) in [4.78, 5) is 15.9.